The van der Waals surface area contributed by atoms with Gasteiger partial charge in [-0.3, -0.25) is 14.5 Å². The van der Waals surface area contributed by atoms with Crippen LogP contribution in [0.3, 0.4) is 0 Å². The van der Waals surface area contributed by atoms with Crippen molar-refractivity contribution in [2.45, 2.75) is 50.5 Å². The highest BCUT2D eigenvalue weighted by Crippen LogP contribution is 2.39. The zero-order valence-electron chi connectivity index (χ0n) is 16.4. The molecule has 1 spiro atoms. The topological polar surface area (TPSA) is 73.0 Å². The summed E-state index contributed by atoms with van der Waals surface area (Å²) in [4.78, 5) is 43.1. The summed E-state index contributed by atoms with van der Waals surface area (Å²) in [5.74, 6) is -0.573. The molecule has 1 aromatic carbocycles. The second-order valence-corrected chi connectivity index (χ2v) is 8.11. The molecule has 1 aromatic rings. The number of benzene rings is 1. The lowest BCUT2D eigenvalue weighted by Gasteiger charge is -2.35. The summed E-state index contributed by atoms with van der Waals surface area (Å²) >= 11 is 0. The summed E-state index contributed by atoms with van der Waals surface area (Å²) in [6, 6.07) is 7.36. The van der Waals surface area contributed by atoms with Gasteiger partial charge in [0.2, 0.25) is 5.91 Å². The molecule has 1 aliphatic carbocycles. The number of hydrogen-bond donors (Lipinski definition) is 1. The molecule has 3 aliphatic rings. The van der Waals surface area contributed by atoms with E-state index in [4.69, 9.17) is 0 Å². The number of carbonyl (C=O) groups is 3. The van der Waals surface area contributed by atoms with E-state index in [2.05, 4.69) is 10.2 Å². The number of nitrogens with one attached hydrogen (secondary N) is 1. The molecule has 1 saturated carbocycles. The highest BCUT2D eigenvalue weighted by Gasteiger charge is 2.55. The Morgan fingerprint density at radius 2 is 1.64 bits per heavy atom. The van der Waals surface area contributed by atoms with Gasteiger partial charge in [-0.05, 0) is 49.9 Å². The van der Waals surface area contributed by atoms with Gasteiger partial charge in [0.05, 0.1) is 0 Å². The number of hydrogen-bond acceptors (Lipinski definition) is 4. The van der Waals surface area contributed by atoms with Crippen molar-refractivity contribution in [3.63, 3.8) is 0 Å². The standard InChI is InChI=1S/C21H28N4O3/c1-23-20(28)25(19(27)21(23)11-3-2-4-12-21)15-18(26)22-16-7-9-17(10-8-16)24-13-5-6-14-24/h7-10H,2-6,11-15H2,1H3,(H,22,26). The monoisotopic (exact) mass is 384 g/mol. The second-order valence-electron chi connectivity index (χ2n) is 8.11. The summed E-state index contributed by atoms with van der Waals surface area (Å²) in [7, 11) is 1.68. The van der Waals surface area contributed by atoms with Gasteiger partial charge in [0, 0.05) is 31.5 Å². The number of likely N-dealkylation sites (N-methyl/N-ethyl adjacent to an activating group) is 1. The van der Waals surface area contributed by atoms with Crippen LogP contribution >= 0.6 is 0 Å². The van der Waals surface area contributed by atoms with Crippen LogP contribution in [-0.2, 0) is 9.59 Å². The second kappa shape index (κ2) is 7.45. The number of amides is 4. The molecule has 7 heteroatoms. The van der Waals surface area contributed by atoms with E-state index in [9.17, 15) is 14.4 Å². The number of rotatable bonds is 4. The van der Waals surface area contributed by atoms with Gasteiger partial charge < -0.3 is 15.1 Å². The Morgan fingerprint density at radius 1 is 1.00 bits per heavy atom. The average Bonchev–Trinajstić information content (AvgIpc) is 3.30. The molecule has 4 amide bonds. The van der Waals surface area contributed by atoms with E-state index in [0.717, 1.165) is 42.9 Å². The largest absolute Gasteiger partial charge is 0.372 e. The van der Waals surface area contributed by atoms with Crippen LogP contribution in [0, 0.1) is 0 Å². The maximum atomic E-state index is 13.0. The Balaban J connectivity index is 1.39. The van der Waals surface area contributed by atoms with E-state index in [1.807, 2.05) is 24.3 Å². The summed E-state index contributed by atoms with van der Waals surface area (Å²) in [5.41, 5.74) is 1.08. The SMILES string of the molecule is CN1C(=O)N(CC(=O)Nc2ccc(N3CCCC3)cc2)C(=O)C12CCCCC2. The molecule has 0 unspecified atom stereocenters. The fourth-order valence-electron chi connectivity index (χ4n) is 4.75. The number of anilines is 2. The van der Waals surface area contributed by atoms with E-state index in [0.29, 0.717) is 18.5 Å². The first-order chi connectivity index (χ1) is 13.5. The van der Waals surface area contributed by atoms with Crippen LogP contribution in [0.5, 0.6) is 0 Å². The Morgan fingerprint density at radius 3 is 2.29 bits per heavy atom. The molecule has 2 heterocycles. The summed E-state index contributed by atoms with van der Waals surface area (Å²) in [6.45, 7) is 1.90. The minimum absolute atomic E-state index is 0.223. The first kappa shape index (κ1) is 18.8. The number of carbonyl (C=O) groups excluding carboxylic acids is 3. The molecule has 1 N–H and O–H groups in total. The maximum Gasteiger partial charge on any atom is 0.327 e. The fourth-order valence-corrected chi connectivity index (χ4v) is 4.75. The highest BCUT2D eigenvalue weighted by atomic mass is 16.2. The Labute approximate surface area is 165 Å². The van der Waals surface area contributed by atoms with Crippen LogP contribution in [0.1, 0.15) is 44.9 Å². The Kier molecular flexibility index (Phi) is 5.00. The van der Waals surface area contributed by atoms with E-state index in [-0.39, 0.29) is 24.4 Å². The minimum Gasteiger partial charge on any atom is -0.372 e. The molecule has 28 heavy (non-hydrogen) atoms. The number of urea groups is 1. The van der Waals surface area contributed by atoms with Crippen molar-refractivity contribution in [1.82, 2.24) is 9.80 Å². The predicted molar refractivity (Wildman–Crippen MR) is 107 cm³/mol. The highest BCUT2D eigenvalue weighted by molar-refractivity contribution is 6.10. The van der Waals surface area contributed by atoms with Gasteiger partial charge in [-0.15, -0.1) is 0 Å². The molecular weight excluding hydrogens is 356 g/mol. The van der Waals surface area contributed by atoms with Gasteiger partial charge in [-0.25, -0.2) is 4.79 Å². The van der Waals surface area contributed by atoms with E-state index in [1.165, 1.54) is 12.8 Å². The van der Waals surface area contributed by atoms with Crippen molar-refractivity contribution in [2.75, 3.05) is 36.9 Å². The van der Waals surface area contributed by atoms with Crippen LogP contribution in [-0.4, -0.2) is 59.9 Å². The van der Waals surface area contributed by atoms with Gasteiger partial charge in [-0.2, -0.15) is 0 Å². The van der Waals surface area contributed by atoms with Crippen LogP contribution < -0.4 is 10.2 Å². The normalized spacial score (nSPS) is 21.7. The molecule has 4 rings (SSSR count). The zero-order valence-corrected chi connectivity index (χ0v) is 16.4. The predicted octanol–water partition coefficient (Wildman–Crippen LogP) is 2.82. The molecular formula is C21H28N4O3. The molecule has 0 bridgehead atoms. The first-order valence-electron chi connectivity index (χ1n) is 10.3. The third kappa shape index (κ3) is 3.23. The van der Waals surface area contributed by atoms with Gasteiger partial charge in [-0.1, -0.05) is 19.3 Å². The molecule has 0 atom stereocenters. The van der Waals surface area contributed by atoms with Crippen LogP contribution in [0.2, 0.25) is 0 Å². The van der Waals surface area contributed by atoms with Crippen molar-refractivity contribution < 1.29 is 14.4 Å². The van der Waals surface area contributed by atoms with Crippen molar-refractivity contribution >= 4 is 29.2 Å². The van der Waals surface area contributed by atoms with Gasteiger partial charge in [0.15, 0.2) is 0 Å². The molecule has 0 aromatic heterocycles. The lowest BCUT2D eigenvalue weighted by molar-refractivity contribution is -0.136. The number of imide groups is 1. The lowest BCUT2D eigenvalue weighted by Crippen LogP contribution is -2.49. The van der Waals surface area contributed by atoms with Crippen molar-refractivity contribution in [3.8, 4) is 0 Å². The molecule has 150 valence electrons. The molecule has 2 saturated heterocycles. The van der Waals surface area contributed by atoms with E-state index < -0.39 is 5.54 Å². The Hall–Kier alpha value is -2.57. The first-order valence-corrected chi connectivity index (χ1v) is 10.3. The smallest absolute Gasteiger partial charge is 0.327 e. The van der Waals surface area contributed by atoms with Gasteiger partial charge in [0.1, 0.15) is 12.1 Å². The molecule has 3 fully saturated rings. The zero-order chi connectivity index (χ0) is 19.7. The van der Waals surface area contributed by atoms with Crippen molar-refractivity contribution in [1.29, 1.82) is 0 Å². The molecule has 7 nitrogen and oxygen atoms in total. The van der Waals surface area contributed by atoms with Crippen LogP contribution in [0.4, 0.5) is 16.2 Å². The summed E-state index contributed by atoms with van der Waals surface area (Å²) in [5, 5.41) is 2.81. The third-order valence-corrected chi connectivity index (χ3v) is 6.41. The van der Waals surface area contributed by atoms with Crippen LogP contribution in [0.25, 0.3) is 0 Å². The van der Waals surface area contributed by atoms with Gasteiger partial charge in [0.25, 0.3) is 5.91 Å². The summed E-state index contributed by atoms with van der Waals surface area (Å²) < 4.78 is 0. The van der Waals surface area contributed by atoms with E-state index in [1.54, 1.807) is 11.9 Å². The minimum atomic E-state index is -0.743. The third-order valence-electron chi connectivity index (χ3n) is 6.41. The van der Waals surface area contributed by atoms with E-state index >= 15 is 0 Å². The maximum absolute atomic E-state index is 13.0. The average molecular weight is 384 g/mol. The summed E-state index contributed by atoms with van der Waals surface area (Å²) in [6.07, 6.45) is 6.76. The van der Waals surface area contributed by atoms with Gasteiger partial charge >= 0.3 is 6.03 Å². The quantitative estimate of drug-likeness (QED) is 0.810. The molecule has 0 radical (unpaired) electrons. The van der Waals surface area contributed by atoms with Crippen LogP contribution in [0.15, 0.2) is 24.3 Å². The number of nitrogens with zero attached hydrogens (tertiary/aromatic N) is 3. The lowest BCUT2D eigenvalue weighted by atomic mass is 9.81. The molecule has 2 aliphatic heterocycles. The Bertz CT molecular complexity index is 764. The van der Waals surface area contributed by atoms with Crippen molar-refractivity contribution in [3.05, 3.63) is 24.3 Å². The van der Waals surface area contributed by atoms with Crippen molar-refractivity contribution in [2.24, 2.45) is 0 Å². The fraction of sp³-hybridized carbons (Fsp3) is 0.571.